The van der Waals surface area contributed by atoms with Crippen LogP contribution in [0, 0.1) is 13.8 Å². The number of ketones is 1. The van der Waals surface area contributed by atoms with E-state index in [9.17, 15) is 4.79 Å². The minimum atomic E-state index is 0.0345. The maximum atomic E-state index is 11.7. The number of aryl methyl sites for hydroxylation is 1. The molecule has 2 rings (SSSR count). The molecule has 18 heavy (non-hydrogen) atoms. The Bertz CT molecular complexity index is 435. The van der Waals surface area contributed by atoms with E-state index < -0.39 is 0 Å². The van der Waals surface area contributed by atoms with Crippen molar-refractivity contribution in [1.29, 1.82) is 0 Å². The van der Waals surface area contributed by atoms with E-state index in [1.165, 1.54) is 30.7 Å². The Hall–Kier alpha value is -0.410. The fraction of sp³-hybridized carbons (Fsp3) is 0.643. The molecule has 100 valence electrons. The normalized spacial score (nSPS) is 20.1. The summed E-state index contributed by atoms with van der Waals surface area (Å²) >= 11 is 7.72. The molecule has 1 unspecified atom stereocenters. The molecule has 0 spiro atoms. The van der Waals surface area contributed by atoms with Crippen molar-refractivity contribution in [1.82, 2.24) is 4.57 Å². The summed E-state index contributed by atoms with van der Waals surface area (Å²) in [5, 5.41) is 0.697. The molecule has 1 fully saturated rings. The summed E-state index contributed by atoms with van der Waals surface area (Å²) in [5.74, 6) is 1.38. The molecular weight excluding hydrogens is 266 g/mol. The molecule has 0 aromatic carbocycles. The van der Waals surface area contributed by atoms with Crippen LogP contribution in [0.5, 0.6) is 0 Å². The molecule has 0 amide bonds. The van der Waals surface area contributed by atoms with Crippen LogP contribution in [0.25, 0.3) is 0 Å². The van der Waals surface area contributed by atoms with Gasteiger partial charge in [0.25, 0.3) is 0 Å². The summed E-state index contributed by atoms with van der Waals surface area (Å²) in [7, 11) is 0. The van der Waals surface area contributed by atoms with Crippen LogP contribution in [0.1, 0.15) is 41.0 Å². The average Bonchev–Trinajstić information content (AvgIpc) is 2.67. The predicted molar refractivity (Wildman–Crippen MR) is 79.1 cm³/mol. The molecule has 2 heterocycles. The molecule has 1 saturated heterocycles. The largest absolute Gasteiger partial charge is 0.347 e. The Morgan fingerprint density at radius 3 is 2.89 bits per heavy atom. The molecule has 1 aromatic heterocycles. The van der Waals surface area contributed by atoms with Crippen molar-refractivity contribution in [3.63, 3.8) is 0 Å². The number of aromatic nitrogens is 1. The zero-order valence-electron chi connectivity index (χ0n) is 11.0. The number of alkyl halides is 1. The molecule has 4 heteroatoms. The van der Waals surface area contributed by atoms with Gasteiger partial charge in [-0.05, 0) is 38.5 Å². The number of nitrogens with zero attached hydrogens (tertiary/aromatic N) is 1. The summed E-state index contributed by atoms with van der Waals surface area (Å²) < 4.78 is 2.28. The fourth-order valence-corrected chi connectivity index (χ4v) is 4.03. The zero-order valence-corrected chi connectivity index (χ0v) is 12.6. The number of carbonyl (C=O) groups excluding carboxylic acids is 1. The summed E-state index contributed by atoms with van der Waals surface area (Å²) in [6, 6.07) is 1.98. The Morgan fingerprint density at radius 2 is 2.28 bits per heavy atom. The van der Waals surface area contributed by atoms with Gasteiger partial charge in [-0.25, -0.2) is 0 Å². The minimum absolute atomic E-state index is 0.0345. The lowest BCUT2D eigenvalue weighted by Crippen LogP contribution is -2.18. The highest BCUT2D eigenvalue weighted by Crippen LogP contribution is 2.28. The number of rotatable bonds is 4. The number of thioether (sulfide) groups is 1. The number of hydrogen-bond acceptors (Lipinski definition) is 2. The standard InChI is InChI=1S/C14H20ClNOS/c1-10-7-13(14(17)8-15)11(2)16(10)9-12-5-3-4-6-18-12/h7,12H,3-6,8-9H2,1-2H3. The molecule has 1 aliphatic heterocycles. The van der Waals surface area contributed by atoms with Crippen molar-refractivity contribution < 1.29 is 4.79 Å². The monoisotopic (exact) mass is 285 g/mol. The van der Waals surface area contributed by atoms with Gasteiger partial charge >= 0.3 is 0 Å². The van der Waals surface area contributed by atoms with E-state index in [4.69, 9.17) is 11.6 Å². The van der Waals surface area contributed by atoms with E-state index in [2.05, 4.69) is 23.3 Å². The molecule has 0 bridgehead atoms. The Morgan fingerprint density at radius 1 is 1.50 bits per heavy atom. The first-order valence-corrected chi connectivity index (χ1v) is 8.09. The second-order valence-electron chi connectivity index (χ2n) is 4.94. The molecule has 0 saturated carbocycles. The van der Waals surface area contributed by atoms with E-state index >= 15 is 0 Å². The first-order valence-electron chi connectivity index (χ1n) is 6.51. The van der Waals surface area contributed by atoms with Gasteiger partial charge in [-0.1, -0.05) is 6.42 Å². The van der Waals surface area contributed by atoms with Crippen molar-refractivity contribution in [2.45, 2.75) is 44.9 Å². The molecule has 2 nitrogen and oxygen atoms in total. The van der Waals surface area contributed by atoms with Gasteiger partial charge in [0, 0.05) is 28.7 Å². The van der Waals surface area contributed by atoms with Crippen LogP contribution in [0.4, 0.5) is 0 Å². The minimum Gasteiger partial charge on any atom is -0.347 e. The maximum absolute atomic E-state index is 11.7. The Balaban J connectivity index is 2.17. The highest BCUT2D eigenvalue weighted by atomic mass is 35.5. The molecule has 0 radical (unpaired) electrons. The van der Waals surface area contributed by atoms with E-state index in [1.807, 2.05) is 13.0 Å². The van der Waals surface area contributed by atoms with Crippen LogP contribution in [0.15, 0.2) is 6.07 Å². The van der Waals surface area contributed by atoms with Gasteiger partial charge in [-0.3, -0.25) is 4.79 Å². The van der Waals surface area contributed by atoms with E-state index in [0.29, 0.717) is 5.25 Å². The molecule has 1 atom stereocenters. The van der Waals surface area contributed by atoms with Crippen LogP contribution >= 0.6 is 23.4 Å². The van der Waals surface area contributed by atoms with E-state index in [0.717, 1.165) is 17.8 Å². The van der Waals surface area contributed by atoms with Crippen LogP contribution in [-0.4, -0.2) is 27.2 Å². The van der Waals surface area contributed by atoms with Crippen LogP contribution < -0.4 is 0 Å². The van der Waals surface area contributed by atoms with Crippen molar-refractivity contribution in [2.24, 2.45) is 0 Å². The topological polar surface area (TPSA) is 22.0 Å². The second-order valence-corrected chi connectivity index (χ2v) is 6.62. The predicted octanol–water partition coefficient (Wildman–Crippen LogP) is 3.81. The smallest absolute Gasteiger partial charge is 0.179 e. The first kappa shape index (κ1) is 14.0. The quantitative estimate of drug-likeness (QED) is 0.620. The van der Waals surface area contributed by atoms with Crippen molar-refractivity contribution in [2.75, 3.05) is 11.6 Å². The van der Waals surface area contributed by atoms with Crippen molar-refractivity contribution in [3.8, 4) is 0 Å². The lowest BCUT2D eigenvalue weighted by Gasteiger charge is -2.23. The lowest BCUT2D eigenvalue weighted by atomic mass is 10.1. The summed E-state index contributed by atoms with van der Waals surface area (Å²) in [6.45, 7) is 5.13. The molecule has 0 N–H and O–H groups in total. The lowest BCUT2D eigenvalue weighted by molar-refractivity contribution is 0.102. The third-order valence-corrected chi connectivity index (χ3v) is 5.28. The number of Topliss-reactive ketones (excluding diaryl/α,β-unsaturated/α-hetero) is 1. The van der Waals surface area contributed by atoms with E-state index in [-0.39, 0.29) is 11.7 Å². The van der Waals surface area contributed by atoms with Crippen LogP contribution in [0.3, 0.4) is 0 Å². The zero-order chi connectivity index (χ0) is 13.1. The number of carbonyl (C=O) groups is 1. The molecule has 1 aromatic rings. The van der Waals surface area contributed by atoms with Crippen molar-refractivity contribution >= 4 is 29.1 Å². The van der Waals surface area contributed by atoms with Crippen LogP contribution in [-0.2, 0) is 6.54 Å². The van der Waals surface area contributed by atoms with Gasteiger partial charge < -0.3 is 4.57 Å². The summed E-state index contributed by atoms with van der Waals surface area (Å²) in [6.07, 6.45) is 3.98. The van der Waals surface area contributed by atoms with Gasteiger partial charge in [0.05, 0.1) is 5.88 Å². The first-order chi connectivity index (χ1) is 8.63. The highest BCUT2D eigenvalue weighted by Gasteiger charge is 2.19. The van der Waals surface area contributed by atoms with Gasteiger partial charge in [-0.15, -0.1) is 11.6 Å². The summed E-state index contributed by atoms with van der Waals surface area (Å²) in [5.41, 5.74) is 3.04. The van der Waals surface area contributed by atoms with Gasteiger partial charge in [-0.2, -0.15) is 11.8 Å². The van der Waals surface area contributed by atoms with Gasteiger partial charge in [0.2, 0.25) is 0 Å². The third-order valence-electron chi connectivity index (χ3n) is 3.66. The second kappa shape index (κ2) is 6.16. The molecular formula is C14H20ClNOS. The number of hydrogen-bond donors (Lipinski definition) is 0. The maximum Gasteiger partial charge on any atom is 0.179 e. The SMILES string of the molecule is Cc1cc(C(=O)CCl)c(C)n1CC1CCCCS1. The Kier molecular flexibility index (Phi) is 4.79. The fourth-order valence-electron chi connectivity index (χ4n) is 2.59. The summed E-state index contributed by atoms with van der Waals surface area (Å²) in [4.78, 5) is 11.7. The van der Waals surface area contributed by atoms with Gasteiger partial charge in [0.15, 0.2) is 5.78 Å². The van der Waals surface area contributed by atoms with Crippen LogP contribution in [0.2, 0.25) is 0 Å². The van der Waals surface area contributed by atoms with Crippen molar-refractivity contribution in [3.05, 3.63) is 23.0 Å². The Labute approximate surface area is 118 Å². The van der Waals surface area contributed by atoms with Gasteiger partial charge in [0.1, 0.15) is 0 Å². The number of halogens is 1. The molecule has 1 aliphatic rings. The molecule has 0 aliphatic carbocycles. The third kappa shape index (κ3) is 2.94. The van der Waals surface area contributed by atoms with E-state index in [1.54, 1.807) is 0 Å². The highest BCUT2D eigenvalue weighted by molar-refractivity contribution is 7.99. The average molecular weight is 286 g/mol.